The molecule has 108 valence electrons. The van der Waals surface area contributed by atoms with Crippen LogP contribution in [0.4, 0.5) is 8.78 Å². The van der Waals surface area contributed by atoms with Gasteiger partial charge in [0.05, 0.1) is 0 Å². The maximum Gasteiger partial charge on any atom is 0.130 e. The molecule has 1 aromatic carbocycles. The van der Waals surface area contributed by atoms with Gasteiger partial charge >= 0.3 is 0 Å². The number of rotatable bonds is 9. The molecule has 0 aliphatic rings. The highest BCUT2D eigenvalue weighted by Gasteiger charge is 2.10. The van der Waals surface area contributed by atoms with Crippen molar-refractivity contribution in [1.29, 1.82) is 0 Å². The highest BCUT2D eigenvalue weighted by atomic mass is 32.2. The Morgan fingerprint density at radius 2 is 1.89 bits per heavy atom. The van der Waals surface area contributed by atoms with Gasteiger partial charge in [0.2, 0.25) is 0 Å². The predicted molar refractivity (Wildman–Crippen MR) is 79.6 cm³/mol. The van der Waals surface area contributed by atoms with Crippen molar-refractivity contribution in [3.05, 3.63) is 35.4 Å². The molecule has 1 aromatic rings. The van der Waals surface area contributed by atoms with Crippen molar-refractivity contribution in [3.63, 3.8) is 0 Å². The van der Waals surface area contributed by atoms with Gasteiger partial charge < -0.3 is 5.32 Å². The molecule has 0 fully saturated rings. The lowest BCUT2D eigenvalue weighted by atomic mass is 10.1. The molecule has 1 N–H and O–H groups in total. The Labute approximate surface area is 119 Å². The van der Waals surface area contributed by atoms with Crippen LogP contribution in [-0.4, -0.2) is 18.6 Å². The summed E-state index contributed by atoms with van der Waals surface area (Å²) >= 11 is 1.88. The molecule has 0 amide bonds. The Bertz CT molecular complexity index is 371. The molecule has 1 atom stereocenters. The topological polar surface area (TPSA) is 12.0 Å². The van der Waals surface area contributed by atoms with E-state index in [1.54, 1.807) is 0 Å². The van der Waals surface area contributed by atoms with Crippen molar-refractivity contribution in [2.45, 2.75) is 38.6 Å². The first-order valence-corrected chi connectivity index (χ1v) is 8.22. The largest absolute Gasteiger partial charge is 0.310 e. The van der Waals surface area contributed by atoms with E-state index in [1.165, 1.54) is 37.1 Å². The molecule has 1 nitrogen and oxygen atoms in total. The zero-order valence-electron chi connectivity index (χ0n) is 11.7. The van der Waals surface area contributed by atoms with Gasteiger partial charge in [0, 0.05) is 17.7 Å². The van der Waals surface area contributed by atoms with Crippen molar-refractivity contribution in [3.8, 4) is 0 Å². The molecule has 0 saturated carbocycles. The highest BCUT2D eigenvalue weighted by molar-refractivity contribution is 7.98. The van der Waals surface area contributed by atoms with Gasteiger partial charge in [-0.2, -0.15) is 11.8 Å². The second-order valence-electron chi connectivity index (χ2n) is 4.75. The minimum Gasteiger partial charge on any atom is -0.310 e. The summed E-state index contributed by atoms with van der Waals surface area (Å²) in [7, 11) is 0. The smallest absolute Gasteiger partial charge is 0.130 e. The summed E-state index contributed by atoms with van der Waals surface area (Å²) in [5, 5.41) is 3.28. The molecule has 1 unspecified atom stereocenters. The number of benzene rings is 1. The zero-order chi connectivity index (χ0) is 14.1. The maximum atomic E-state index is 13.5. The van der Waals surface area contributed by atoms with Crippen LogP contribution in [0.3, 0.4) is 0 Å². The summed E-state index contributed by atoms with van der Waals surface area (Å²) in [6, 6.07) is 3.68. The lowest BCUT2D eigenvalue weighted by Gasteiger charge is -2.15. The summed E-state index contributed by atoms with van der Waals surface area (Å²) in [5.41, 5.74) is 0.531. The summed E-state index contributed by atoms with van der Waals surface area (Å²) in [6.07, 6.45) is 6.94. The number of thioether (sulfide) groups is 1. The van der Waals surface area contributed by atoms with E-state index in [1.807, 2.05) is 18.7 Å². The fourth-order valence-electron chi connectivity index (χ4n) is 2.01. The number of nitrogens with one attached hydrogen (secondary N) is 1. The van der Waals surface area contributed by atoms with E-state index in [9.17, 15) is 8.78 Å². The SMILES string of the molecule is CSCCCCCCNC(C)c1ccc(F)cc1F. The Balaban J connectivity index is 2.22. The summed E-state index contributed by atoms with van der Waals surface area (Å²) in [4.78, 5) is 0. The zero-order valence-corrected chi connectivity index (χ0v) is 12.5. The Morgan fingerprint density at radius 1 is 1.16 bits per heavy atom. The second-order valence-corrected chi connectivity index (χ2v) is 5.73. The molecule has 0 aromatic heterocycles. The van der Waals surface area contributed by atoms with E-state index in [-0.39, 0.29) is 6.04 Å². The number of halogens is 2. The first-order valence-electron chi connectivity index (χ1n) is 6.82. The van der Waals surface area contributed by atoms with Crippen LogP contribution >= 0.6 is 11.8 Å². The Hall–Kier alpha value is -0.610. The third-order valence-electron chi connectivity index (χ3n) is 3.15. The van der Waals surface area contributed by atoms with Gasteiger partial charge in [-0.25, -0.2) is 8.78 Å². The summed E-state index contributed by atoms with van der Waals surface area (Å²) in [5.74, 6) is 0.229. The van der Waals surface area contributed by atoms with Gasteiger partial charge in [0.15, 0.2) is 0 Å². The van der Waals surface area contributed by atoms with Crippen LogP contribution in [0.25, 0.3) is 0 Å². The standard InChI is InChI=1S/C15H23F2NS/c1-12(14-8-7-13(16)11-15(14)17)18-9-5-3-4-6-10-19-2/h7-8,11-12,18H,3-6,9-10H2,1-2H3. The molecule has 0 radical (unpaired) electrons. The number of hydrogen-bond donors (Lipinski definition) is 1. The van der Waals surface area contributed by atoms with Crippen LogP contribution in [0.15, 0.2) is 18.2 Å². The maximum absolute atomic E-state index is 13.5. The van der Waals surface area contributed by atoms with E-state index >= 15 is 0 Å². The van der Waals surface area contributed by atoms with E-state index in [0.29, 0.717) is 5.56 Å². The van der Waals surface area contributed by atoms with Gasteiger partial charge in [-0.3, -0.25) is 0 Å². The molecular weight excluding hydrogens is 264 g/mol. The van der Waals surface area contributed by atoms with Crippen molar-refractivity contribution < 1.29 is 8.78 Å². The quantitative estimate of drug-likeness (QED) is 0.669. The highest BCUT2D eigenvalue weighted by Crippen LogP contribution is 2.17. The lowest BCUT2D eigenvalue weighted by molar-refractivity contribution is 0.503. The first kappa shape index (κ1) is 16.4. The average Bonchev–Trinajstić information content (AvgIpc) is 2.37. The molecule has 0 aliphatic heterocycles. The fraction of sp³-hybridized carbons (Fsp3) is 0.600. The van der Waals surface area contributed by atoms with E-state index in [4.69, 9.17) is 0 Å². The van der Waals surface area contributed by atoms with Crippen LogP contribution in [0.1, 0.15) is 44.2 Å². The van der Waals surface area contributed by atoms with Crippen LogP contribution in [0.2, 0.25) is 0 Å². The monoisotopic (exact) mass is 287 g/mol. The van der Waals surface area contributed by atoms with Crippen molar-refractivity contribution in [2.75, 3.05) is 18.6 Å². The fourth-order valence-corrected chi connectivity index (χ4v) is 2.50. The minimum absolute atomic E-state index is 0.0770. The van der Waals surface area contributed by atoms with Crippen LogP contribution < -0.4 is 5.32 Å². The van der Waals surface area contributed by atoms with Crippen molar-refractivity contribution >= 4 is 11.8 Å². The average molecular weight is 287 g/mol. The normalized spacial score (nSPS) is 12.6. The van der Waals surface area contributed by atoms with Gasteiger partial charge in [-0.15, -0.1) is 0 Å². The van der Waals surface area contributed by atoms with Crippen molar-refractivity contribution in [1.82, 2.24) is 5.32 Å². The Morgan fingerprint density at radius 3 is 2.58 bits per heavy atom. The summed E-state index contributed by atoms with van der Waals surface area (Å²) < 4.78 is 26.3. The number of hydrogen-bond acceptors (Lipinski definition) is 2. The summed E-state index contributed by atoms with van der Waals surface area (Å²) in [6.45, 7) is 2.78. The molecule has 1 rings (SSSR count). The molecular formula is C15H23F2NS. The van der Waals surface area contributed by atoms with E-state index in [0.717, 1.165) is 19.0 Å². The van der Waals surface area contributed by atoms with Gasteiger partial charge in [0.25, 0.3) is 0 Å². The number of unbranched alkanes of at least 4 members (excludes halogenated alkanes) is 3. The molecule has 0 saturated heterocycles. The minimum atomic E-state index is -0.526. The molecule has 0 heterocycles. The van der Waals surface area contributed by atoms with Crippen molar-refractivity contribution in [2.24, 2.45) is 0 Å². The van der Waals surface area contributed by atoms with Crippen LogP contribution in [0.5, 0.6) is 0 Å². The van der Waals surface area contributed by atoms with Gasteiger partial charge in [0.1, 0.15) is 11.6 Å². The third kappa shape index (κ3) is 6.39. The van der Waals surface area contributed by atoms with Gasteiger partial charge in [-0.05, 0) is 44.4 Å². The lowest BCUT2D eigenvalue weighted by Crippen LogP contribution is -2.20. The molecule has 0 bridgehead atoms. The van der Waals surface area contributed by atoms with E-state index < -0.39 is 11.6 Å². The Kier molecular flexibility index (Phi) is 8.07. The molecule has 0 spiro atoms. The first-order chi connectivity index (χ1) is 9.15. The third-order valence-corrected chi connectivity index (χ3v) is 3.85. The molecule has 0 aliphatic carbocycles. The van der Waals surface area contributed by atoms with Crippen LogP contribution in [-0.2, 0) is 0 Å². The van der Waals surface area contributed by atoms with E-state index in [2.05, 4.69) is 11.6 Å². The molecule has 4 heteroatoms. The second kappa shape index (κ2) is 9.32. The van der Waals surface area contributed by atoms with Crippen LogP contribution in [0, 0.1) is 11.6 Å². The predicted octanol–water partition coefficient (Wildman–Crippen LogP) is 4.54. The van der Waals surface area contributed by atoms with Gasteiger partial charge in [-0.1, -0.05) is 18.9 Å². The molecule has 19 heavy (non-hydrogen) atoms.